The summed E-state index contributed by atoms with van der Waals surface area (Å²) in [4.78, 5) is 0.137. The standard InChI is InChI=1S/C18H17N3O2S/c1-18(2,3)15-5-8-17(9-6-15)24(22,23)21-16-7-4-13(11-19)14(10-16)12-20/h4-10,21H,1-3H3. The predicted molar refractivity (Wildman–Crippen MR) is 91.8 cm³/mol. The molecule has 5 nitrogen and oxygen atoms in total. The van der Waals surface area contributed by atoms with Gasteiger partial charge in [-0.25, -0.2) is 8.42 Å². The Morgan fingerprint density at radius 2 is 1.50 bits per heavy atom. The smallest absolute Gasteiger partial charge is 0.261 e. The summed E-state index contributed by atoms with van der Waals surface area (Å²) in [5.74, 6) is 0. The van der Waals surface area contributed by atoms with Gasteiger partial charge in [-0.2, -0.15) is 10.5 Å². The fourth-order valence-electron chi connectivity index (χ4n) is 2.15. The molecule has 0 saturated heterocycles. The van der Waals surface area contributed by atoms with Gasteiger partial charge >= 0.3 is 0 Å². The molecule has 0 amide bonds. The van der Waals surface area contributed by atoms with Crippen LogP contribution in [0.5, 0.6) is 0 Å². The molecule has 2 rings (SSSR count). The summed E-state index contributed by atoms with van der Waals surface area (Å²) in [5.41, 5.74) is 1.54. The lowest BCUT2D eigenvalue weighted by atomic mass is 9.87. The second-order valence-corrected chi connectivity index (χ2v) is 8.05. The molecule has 0 radical (unpaired) electrons. The highest BCUT2D eigenvalue weighted by molar-refractivity contribution is 7.92. The van der Waals surface area contributed by atoms with Crippen LogP contribution in [0.15, 0.2) is 47.4 Å². The number of hydrogen-bond acceptors (Lipinski definition) is 4. The monoisotopic (exact) mass is 339 g/mol. The largest absolute Gasteiger partial charge is 0.280 e. The zero-order valence-corrected chi connectivity index (χ0v) is 14.5. The van der Waals surface area contributed by atoms with Crippen LogP contribution in [0.2, 0.25) is 0 Å². The van der Waals surface area contributed by atoms with Gasteiger partial charge in [0.15, 0.2) is 0 Å². The quantitative estimate of drug-likeness (QED) is 0.925. The molecule has 0 aliphatic carbocycles. The minimum atomic E-state index is -3.76. The van der Waals surface area contributed by atoms with Crippen LogP contribution in [-0.4, -0.2) is 8.42 Å². The molecule has 0 unspecified atom stereocenters. The average Bonchev–Trinajstić information content (AvgIpc) is 2.53. The van der Waals surface area contributed by atoms with Crippen LogP contribution in [0.3, 0.4) is 0 Å². The molecule has 0 heterocycles. The summed E-state index contributed by atoms with van der Waals surface area (Å²) < 4.78 is 27.3. The highest BCUT2D eigenvalue weighted by atomic mass is 32.2. The van der Waals surface area contributed by atoms with Gasteiger partial charge in [0.05, 0.1) is 21.7 Å². The molecule has 2 aromatic carbocycles. The van der Waals surface area contributed by atoms with E-state index in [-0.39, 0.29) is 27.1 Å². The highest BCUT2D eigenvalue weighted by Crippen LogP contribution is 2.24. The molecule has 0 spiro atoms. The lowest BCUT2D eigenvalue weighted by Crippen LogP contribution is -2.15. The van der Waals surface area contributed by atoms with E-state index in [0.29, 0.717) is 0 Å². The minimum absolute atomic E-state index is 0.0649. The summed E-state index contributed by atoms with van der Waals surface area (Å²) in [6.07, 6.45) is 0. The number of nitriles is 2. The number of anilines is 1. The second-order valence-electron chi connectivity index (χ2n) is 6.36. The summed E-state index contributed by atoms with van der Waals surface area (Å²) in [7, 11) is -3.76. The maximum absolute atomic E-state index is 12.5. The fourth-order valence-corrected chi connectivity index (χ4v) is 3.20. The van der Waals surface area contributed by atoms with E-state index in [1.165, 1.54) is 18.2 Å². The number of benzene rings is 2. The van der Waals surface area contributed by atoms with Crippen molar-refractivity contribution in [2.75, 3.05) is 4.72 Å². The first-order valence-corrected chi connectivity index (χ1v) is 8.73. The number of sulfonamides is 1. The van der Waals surface area contributed by atoms with Crippen molar-refractivity contribution in [2.45, 2.75) is 31.1 Å². The molecule has 0 aliphatic rings. The van der Waals surface area contributed by atoms with Crippen LogP contribution in [0.1, 0.15) is 37.5 Å². The van der Waals surface area contributed by atoms with Gasteiger partial charge in [-0.3, -0.25) is 4.72 Å². The van der Waals surface area contributed by atoms with Crippen LogP contribution >= 0.6 is 0 Å². The first-order valence-electron chi connectivity index (χ1n) is 7.25. The highest BCUT2D eigenvalue weighted by Gasteiger charge is 2.18. The molecule has 0 bridgehead atoms. The van der Waals surface area contributed by atoms with Crippen molar-refractivity contribution in [3.63, 3.8) is 0 Å². The van der Waals surface area contributed by atoms with Gasteiger partial charge in [-0.05, 0) is 41.3 Å². The van der Waals surface area contributed by atoms with Crippen LogP contribution < -0.4 is 4.72 Å². The summed E-state index contributed by atoms with van der Waals surface area (Å²) in [6, 6.07) is 14.7. The van der Waals surface area contributed by atoms with Gasteiger partial charge in [0.1, 0.15) is 12.1 Å². The Bertz CT molecular complexity index is 942. The molecule has 24 heavy (non-hydrogen) atoms. The topological polar surface area (TPSA) is 93.8 Å². The Morgan fingerprint density at radius 3 is 2.00 bits per heavy atom. The first-order chi connectivity index (χ1) is 11.2. The van der Waals surface area contributed by atoms with Crippen molar-refractivity contribution in [2.24, 2.45) is 0 Å². The fraction of sp³-hybridized carbons (Fsp3) is 0.222. The molecular formula is C18H17N3O2S. The molecule has 0 atom stereocenters. The Morgan fingerprint density at radius 1 is 0.917 bits per heavy atom. The molecular weight excluding hydrogens is 322 g/mol. The Hall–Kier alpha value is -2.83. The van der Waals surface area contributed by atoms with E-state index >= 15 is 0 Å². The van der Waals surface area contributed by atoms with E-state index in [4.69, 9.17) is 10.5 Å². The molecule has 1 N–H and O–H groups in total. The third-order valence-corrected chi connectivity index (χ3v) is 4.94. The van der Waals surface area contributed by atoms with Crippen molar-refractivity contribution in [3.8, 4) is 12.1 Å². The van der Waals surface area contributed by atoms with Crippen molar-refractivity contribution < 1.29 is 8.42 Å². The zero-order valence-electron chi connectivity index (χ0n) is 13.7. The first kappa shape index (κ1) is 17.5. The minimum Gasteiger partial charge on any atom is -0.280 e. The number of hydrogen-bond donors (Lipinski definition) is 1. The Kier molecular flexibility index (Phi) is 4.64. The van der Waals surface area contributed by atoms with Gasteiger partial charge < -0.3 is 0 Å². The van der Waals surface area contributed by atoms with Crippen LogP contribution in [0.4, 0.5) is 5.69 Å². The summed E-state index contributed by atoms with van der Waals surface area (Å²) >= 11 is 0. The summed E-state index contributed by atoms with van der Waals surface area (Å²) in [6.45, 7) is 6.15. The van der Waals surface area contributed by atoms with E-state index in [0.717, 1.165) is 5.56 Å². The van der Waals surface area contributed by atoms with Gasteiger partial charge in [0, 0.05) is 0 Å². The third-order valence-electron chi connectivity index (χ3n) is 3.54. The van der Waals surface area contributed by atoms with Crippen molar-refractivity contribution >= 4 is 15.7 Å². The number of nitrogens with one attached hydrogen (secondary N) is 1. The lowest BCUT2D eigenvalue weighted by Gasteiger charge is -2.19. The lowest BCUT2D eigenvalue weighted by molar-refractivity contribution is 0.587. The average molecular weight is 339 g/mol. The van der Waals surface area contributed by atoms with E-state index in [1.807, 2.05) is 12.1 Å². The number of rotatable bonds is 3. The normalized spacial score (nSPS) is 11.4. The van der Waals surface area contributed by atoms with Crippen LogP contribution in [0.25, 0.3) is 0 Å². The zero-order chi connectivity index (χ0) is 18.0. The Balaban J connectivity index is 2.33. The molecule has 0 aliphatic heterocycles. The molecule has 0 aromatic heterocycles. The van der Waals surface area contributed by atoms with E-state index in [9.17, 15) is 8.42 Å². The van der Waals surface area contributed by atoms with Gasteiger partial charge in [0.25, 0.3) is 10.0 Å². The van der Waals surface area contributed by atoms with E-state index < -0.39 is 10.0 Å². The SMILES string of the molecule is CC(C)(C)c1ccc(S(=O)(=O)Nc2ccc(C#N)c(C#N)c2)cc1. The van der Waals surface area contributed by atoms with Crippen molar-refractivity contribution in [1.29, 1.82) is 10.5 Å². The molecule has 0 saturated carbocycles. The maximum Gasteiger partial charge on any atom is 0.261 e. The van der Waals surface area contributed by atoms with Gasteiger partial charge in [0.2, 0.25) is 0 Å². The van der Waals surface area contributed by atoms with Gasteiger partial charge in [-0.1, -0.05) is 32.9 Å². The molecule has 6 heteroatoms. The summed E-state index contributed by atoms with van der Waals surface area (Å²) in [5, 5.41) is 17.9. The number of nitrogens with zero attached hydrogens (tertiary/aromatic N) is 2. The molecule has 2 aromatic rings. The molecule has 0 fully saturated rings. The third kappa shape index (κ3) is 3.73. The predicted octanol–water partition coefficient (Wildman–Crippen LogP) is 3.53. The van der Waals surface area contributed by atoms with Crippen molar-refractivity contribution in [1.82, 2.24) is 0 Å². The maximum atomic E-state index is 12.5. The Labute approximate surface area is 142 Å². The second kappa shape index (κ2) is 6.35. The van der Waals surface area contributed by atoms with E-state index in [1.54, 1.807) is 24.3 Å². The van der Waals surface area contributed by atoms with Gasteiger partial charge in [-0.15, -0.1) is 0 Å². The molecule has 122 valence electrons. The van der Waals surface area contributed by atoms with Crippen LogP contribution in [0, 0.1) is 22.7 Å². The van der Waals surface area contributed by atoms with Crippen molar-refractivity contribution in [3.05, 3.63) is 59.2 Å². The van der Waals surface area contributed by atoms with E-state index in [2.05, 4.69) is 25.5 Å². The van der Waals surface area contributed by atoms with Crippen LogP contribution in [-0.2, 0) is 15.4 Å².